The predicted octanol–water partition coefficient (Wildman–Crippen LogP) is 2.83. The first-order valence-corrected chi connectivity index (χ1v) is 5.12. The Kier molecular flexibility index (Phi) is 6.35. The first-order valence-electron chi connectivity index (χ1n) is 4.33. The van der Waals surface area contributed by atoms with Crippen LogP contribution in [0.2, 0.25) is 0 Å². The van der Waals surface area contributed by atoms with Gasteiger partial charge in [-0.05, 0) is 28.1 Å². The Morgan fingerprint density at radius 1 is 1.47 bits per heavy atom. The van der Waals surface area contributed by atoms with Gasteiger partial charge in [-0.3, -0.25) is 0 Å². The molecule has 3 nitrogen and oxygen atoms in total. The van der Waals surface area contributed by atoms with Crippen molar-refractivity contribution in [3.05, 3.63) is 22.9 Å². The zero-order valence-electron chi connectivity index (χ0n) is 8.38. The highest BCUT2D eigenvalue weighted by molar-refractivity contribution is 9.10. The van der Waals surface area contributed by atoms with E-state index in [1.807, 2.05) is 13.8 Å². The number of ether oxygens (including phenoxy) is 1. The van der Waals surface area contributed by atoms with Crippen LogP contribution in [0.15, 0.2) is 22.9 Å². The van der Waals surface area contributed by atoms with E-state index in [2.05, 4.69) is 25.7 Å². The highest BCUT2D eigenvalue weighted by Gasteiger charge is 2.30. The van der Waals surface area contributed by atoms with Gasteiger partial charge >= 0.3 is 6.11 Å². The third-order valence-corrected chi connectivity index (χ3v) is 1.62. The van der Waals surface area contributed by atoms with Crippen molar-refractivity contribution in [2.45, 2.75) is 20.0 Å². The maximum atomic E-state index is 12.4. The summed E-state index contributed by atoms with van der Waals surface area (Å²) in [5.41, 5.74) is 0. The van der Waals surface area contributed by atoms with Crippen LogP contribution in [0.25, 0.3) is 0 Å². The Labute approximate surface area is 95.2 Å². The van der Waals surface area contributed by atoms with Crippen molar-refractivity contribution < 1.29 is 18.6 Å². The van der Waals surface area contributed by atoms with Gasteiger partial charge in [0.15, 0.2) is 0 Å². The highest BCUT2D eigenvalue weighted by Crippen LogP contribution is 2.21. The molecule has 86 valence electrons. The summed E-state index contributed by atoms with van der Waals surface area (Å²) in [6.07, 6.45) is -2.43. The number of aliphatic hydroxyl groups excluding tert-OH is 1. The van der Waals surface area contributed by atoms with Crippen LogP contribution in [0.1, 0.15) is 13.8 Å². The molecule has 1 heterocycles. The van der Waals surface area contributed by atoms with Gasteiger partial charge in [-0.1, -0.05) is 13.8 Å². The van der Waals surface area contributed by atoms with E-state index in [4.69, 9.17) is 5.11 Å². The Morgan fingerprint density at radius 2 is 2.07 bits per heavy atom. The molecule has 0 bridgehead atoms. The predicted molar refractivity (Wildman–Crippen MR) is 55.9 cm³/mol. The van der Waals surface area contributed by atoms with Gasteiger partial charge in [-0.2, -0.15) is 8.78 Å². The molecular formula is C9H12BrF2NO2. The van der Waals surface area contributed by atoms with E-state index >= 15 is 0 Å². The average Bonchev–Trinajstić information content (AvgIpc) is 2.24. The molecule has 15 heavy (non-hydrogen) atoms. The SMILES string of the molecule is CC.OCC(F)(F)Oc1ccc(Br)nc1. The molecule has 1 rings (SSSR count). The summed E-state index contributed by atoms with van der Waals surface area (Å²) in [6, 6.07) is 2.78. The maximum Gasteiger partial charge on any atom is 0.421 e. The second-order valence-corrected chi connectivity index (χ2v) is 3.03. The van der Waals surface area contributed by atoms with Crippen LogP contribution in [0.5, 0.6) is 5.75 Å². The second-order valence-electron chi connectivity index (χ2n) is 2.21. The van der Waals surface area contributed by atoms with Crippen LogP contribution >= 0.6 is 15.9 Å². The molecule has 0 aliphatic rings. The summed E-state index contributed by atoms with van der Waals surface area (Å²) in [6.45, 7) is 2.64. The molecule has 0 amide bonds. The van der Waals surface area contributed by atoms with Gasteiger partial charge in [0.2, 0.25) is 0 Å². The lowest BCUT2D eigenvalue weighted by Gasteiger charge is -2.14. The highest BCUT2D eigenvalue weighted by atomic mass is 79.9. The zero-order valence-corrected chi connectivity index (χ0v) is 9.96. The molecule has 0 radical (unpaired) electrons. The van der Waals surface area contributed by atoms with E-state index in [0.29, 0.717) is 4.60 Å². The topological polar surface area (TPSA) is 42.4 Å². The largest absolute Gasteiger partial charge is 0.429 e. The number of nitrogens with zero attached hydrogens (tertiary/aromatic N) is 1. The van der Waals surface area contributed by atoms with Gasteiger partial charge in [-0.15, -0.1) is 0 Å². The number of aromatic nitrogens is 1. The Bertz CT molecular complexity index is 280. The lowest BCUT2D eigenvalue weighted by Crippen LogP contribution is -2.29. The number of aliphatic hydroxyl groups is 1. The molecule has 0 aromatic carbocycles. The van der Waals surface area contributed by atoms with Crippen LogP contribution in [0, 0.1) is 0 Å². The van der Waals surface area contributed by atoms with Gasteiger partial charge in [0.05, 0.1) is 6.20 Å². The van der Waals surface area contributed by atoms with Crippen LogP contribution in [-0.4, -0.2) is 22.8 Å². The van der Waals surface area contributed by atoms with E-state index < -0.39 is 12.7 Å². The van der Waals surface area contributed by atoms with Crippen molar-refractivity contribution in [2.24, 2.45) is 0 Å². The molecule has 1 aromatic heterocycles. The molecule has 0 spiro atoms. The normalized spacial score (nSPS) is 10.3. The van der Waals surface area contributed by atoms with Crippen molar-refractivity contribution in [1.29, 1.82) is 0 Å². The van der Waals surface area contributed by atoms with E-state index in [0.717, 1.165) is 6.20 Å². The Hall–Kier alpha value is -0.750. The summed E-state index contributed by atoms with van der Waals surface area (Å²) >= 11 is 3.04. The molecule has 0 saturated carbocycles. The quantitative estimate of drug-likeness (QED) is 0.868. The van der Waals surface area contributed by atoms with Crippen LogP contribution in [0.3, 0.4) is 0 Å². The number of hydrogen-bond donors (Lipinski definition) is 1. The smallest absolute Gasteiger partial charge is 0.421 e. The fraction of sp³-hybridized carbons (Fsp3) is 0.444. The molecule has 1 N–H and O–H groups in total. The summed E-state index contributed by atoms with van der Waals surface area (Å²) in [5, 5.41) is 8.21. The minimum atomic E-state index is -3.56. The first-order chi connectivity index (χ1) is 7.03. The van der Waals surface area contributed by atoms with Crippen LogP contribution in [0.4, 0.5) is 8.78 Å². The minimum absolute atomic E-state index is 0.0951. The summed E-state index contributed by atoms with van der Waals surface area (Å²) in [7, 11) is 0. The number of halogens is 3. The van der Waals surface area contributed by atoms with Gasteiger partial charge in [0, 0.05) is 0 Å². The van der Waals surface area contributed by atoms with Crippen molar-refractivity contribution >= 4 is 15.9 Å². The fourth-order valence-electron chi connectivity index (χ4n) is 0.627. The molecule has 0 unspecified atom stereocenters. The molecular weight excluding hydrogens is 272 g/mol. The summed E-state index contributed by atoms with van der Waals surface area (Å²) in [4.78, 5) is 3.67. The second kappa shape index (κ2) is 6.68. The molecule has 0 aliphatic heterocycles. The third-order valence-electron chi connectivity index (χ3n) is 1.15. The van der Waals surface area contributed by atoms with E-state index in [1.54, 1.807) is 0 Å². The summed E-state index contributed by atoms with van der Waals surface area (Å²) < 4.78 is 29.5. The monoisotopic (exact) mass is 283 g/mol. The number of alkyl halides is 2. The number of hydrogen-bond acceptors (Lipinski definition) is 3. The molecule has 0 aliphatic carbocycles. The Balaban J connectivity index is 0.000000921. The Morgan fingerprint density at radius 3 is 2.47 bits per heavy atom. The first kappa shape index (κ1) is 14.2. The lowest BCUT2D eigenvalue weighted by molar-refractivity contribution is -0.201. The van der Waals surface area contributed by atoms with Crippen molar-refractivity contribution in [3.8, 4) is 5.75 Å². The molecule has 0 saturated heterocycles. The molecule has 6 heteroatoms. The minimum Gasteiger partial charge on any atom is -0.429 e. The van der Waals surface area contributed by atoms with Gasteiger partial charge in [0.1, 0.15) is 17.0 Å². The molecule has 0 atom stereocenters. The summed E-state index contributed by atoms with van der Waals surface area (Å²) in [5.74, 6) is -0.0951. The lowest BCUT2D eigenvalue weighted by atomic mass is 10.4. The average molecular weight is 284 g/mol. The third kappa shape index (κ3) is 5.64. The standard InChI is InChI=1S/C7H6BrF2NO2.C2H6/c8-6-2-1-5(3-11-6)13-7(9,10)4-12;1-2/h1-3,12H,4H2;1-2H3. The van der Waals surface area contributed by atoms with Gasteiger partial charge < -0.3 is 9.84 Å². The molecule has 0 fully saturated rings. The van der Waals surface area contributed by atoms with Gasteiger partial charge in [-0.25, -0.2) is 4.98 Å². The van der Waals surface area contributed by atoms with E-state index in [9.17, 15) is 8.78 Å². The van der Waals surface area contributed by atoms with E-state index in [-0.39, 0.29) is 5.75 Å². The van der Waals surface area contributed by atoms with Crippen molar-refractivity contribution in [2.75, 3.05) is 6.61 Å². The van der Waals surface area contributed by atoms with Crippen LogP contribution < -0.4 is 4.74 Å². The number of rotatable bonds is 3. The van der Waals surface area contributed by atoms with Crippen LogP contribution in [-0.2, 0) is 0 Å². The van der Waals surface area contributed by atoms with Crippen molar-refractivity contribution in [1.82, 2.24) is 4.98 Å². The van der Waals surface area contributed by atoms with E-state index in [1.165, 1.54) is 12.1 Å². The fourth-order valence-corrected chi connectivity index (χ4v) is 0.862. The number of pyridine rings is 1. The van der Waals surface area contributed by atoms with Crippen molar-refractivity contribution in [3.63, 3.8) is 0 Å². The molecule has 1 aromatic rings. The zero-order chi connectivity index (χ0) is 11.9. The van der Waals surface area contributed by atoms with Gasteiger partial charge in [0.25, 0.3) is 0 Å². The maximum absolute atomic E-state index is 12.4.